The Balaban J connectivity index is 2.83. The van der Waals surface area contributed by atoms with E-state index in [1.807, 2.05) is 6.07 Å². The van der Waals surface area contributed by atoms with Gasteiger partial charge in [0.2, 0.25) is 11.8 Å². The molecule has 0 bridgehead atoms. The summed E-state index contributed by atoms with van der Waals surface area (Å²) >= 11 is 0. The summed E-state index contributed by atoms with van der Waals surface area (Å²) in [6.45, 7) is 4.64. The summed E-state index contributed by atoms with van der Waals surface area (Å²) in [5.41, 5.74) is 0.787. The molecule has 0 saturated carbocycles. The van der Waals surface area contributed by atoms with Crippen LogP contribution in [0.2, 0.25) is 0 Å². The number of carbonyl (C=O) groups excluding carboxylic acids is 4. The van der Waals surface area contributed by atoms with Crippen LogP contribution in [0.15, 0.2) is 30.3 Å². The molecule has 35 heavy (non-hydrogen) atoms. The molecule has 1 aromatic carbocycles. The number of hydrogen-bond acceptors (Lipinski definition) is 7. The monoisotopic (exact) mass is 505 g/mol. The lowest BCUT2D eigenvalue weighted by atomic mass is 10.0. The maximum absolute atomic E-state index is 12.7. The van der Waals surface area contributed by atoms with Crippen molar-refractivity contribution < 1.29 is 46.9 Å². The van der Waals surface area contributed by atoms with E-state index in [4.69, 9.17) is 4.74 Å². The van der Waals surface area contributed by atoms with E-state index in [0.29, 0.717) is 0 Å². The summed E-state index contributed by atoms with van der Waals surface area (Å²) in [4.78, 5) is 48.2. The van der Waals surface area contributed by atoms with E-state index >= 15 is 0 Å². The van der Waals surface area contributed by atoms with Crippen molar-refractivity contribution in [3.8, 4) is 0 Å². The molecule has 13 heteroatoms. The zero-order chi connectivity index (χ0) is 26.8. The molecule has 0 fully saturated rings. The number of rotatable bonds is 12. The summed E-state index contributed by atoms with van der Waals surface area (Å²) in [5.74, 6) is -5.99. The topological polar surface area (TPSA) is 143 Å². The first-order valence-corrected chi connectivity index (χ1v) is 10.6. The third-order valence-electron chi connectivity index (χ3n) is 4.79. The molecule has 0 saturated heterocycles. The first-order valence-electron chi connectivity index (χ1n) is 10.6. The highest BCUT2D eigenvalue weighted by Crippen LogP contribution is 2.15. The first kappa shape index (κ1) is 29.8. The molecule has 4 N–H and O–H groups in total. The van der Waals surface area contributed by atoms with Gasteiger partial charge in [0.15, 0.2) is 6.29 Å². The van der Waals surface area contributed by atoms with Crippen LogP contribution in [0.4, 0.5) is 13.2 Å². The smallest absolute Gasteiger partial charge is 0.469 e. The molecule has 0 aromatic heterocycles. The van der Waals surface area contributed by atoms with Crippen LogP contribution >= 0.6 is 0 Å². The molecule has 0 aliphatic heterocycles. The minimum absolute atomic E-state index is 0.0701. The number of aliphatic hydroxyl groups is 1. The van der Waals surface area contributed by atoms with Gasteiger partial charge >= 0.3 is 18.1 Å². The summed E-state index contributed by atoms with van der Waals surface area (Å²) in [6, 6.07) is 4.82. The Bertz CT molecular complexity index is 866. The molecular formula is C22H30F3N3O7. The van der Waals surface area contributed by atoms with Gasteiger partial charge in [-0.1, -0.05) is 44.2 Å². The Morgan fingerprint density at radius 3 is 2.09 bits per heavy atom. The van der Waals surface area contributed by atoms with Crippen molar-refractivity contribution in [3.63, 3.8) is 0 Å². The van der Waals surface area contributed by atoms with Gasteiger partial charge in [0, 0.05) is 0 Å². The van der Waals surface area contributed by atoms with Crippen LogP contribution in [0.5, 0.6) is 0 Å². The van der Waals surface area contributed by atoms with E-state index in [0.717, 1.165) is 12.7 Å². The quantitative estimate of drug-likeness (QED) is 0.243. The number of benzene rings is 1. The fourth-order valence-corrected chi connectivity index (χ4v) is 2.77. The number of halogens is 3. The van der Waals surface area contributed by atoms with Gasteiger partial charge in [0.1, 0.15) is 12.1 Å². The first-order chi connectivity index (χ1) is 16.3. The molecule has 0 heterocycles. The van der Waals surface area contributed by atoms with Gasteiger partial charge in [0.25, 0.3) is 0 Å². The van der Waals surface area contributed by atoms with Crippen LogP contribution in [0.25, 0.3) is 0 Å². The lowest BCUT2D eigenvalue weighted by Crippen LogP contribution is -2.58. The second kappa shape index (κ2) is 13.6. The van der Waals surface area contributed by atoms with E-state index in [9.17, 15) is 37.5 Å². The molecule has 1 rings (SSSR count). The van der Waals surface area contributed by atoms with E-state index in [-0.39, 0.29) is 6.61 Å². The van der Waals surface area contributed by atoms with Crippen molar-refractivity contribution in [3.05, 3.63) is 35.9 Å². The molecule has 0 aliphatic carbocycles. The summed E-state index contributed by atoms with van der Waals surface area (Å²) in [5, 5.41) is 16.3. The zero-order valence-electron chi connectivity index (χ0n) is 19.7. The van der Waals surface area contributed by atoms with Gasteiger partial charge in [-0.05, 0) is 18.4 Å². The highest BCUT2D eigenvalue weighted by atomic mass is 19.4. The van der Waals surface area contributed by atoms with Gasteiger partial charge in [-0.25, -0.2) is 0 Å². The number of hydrogen-bond donors (Lipinski definition) is 4. The Morgan fingerprint density at radius 2 is 1.57 bits per heavy atom. The van der Waals surface area contributed by atoms with Crippen molar-refractivity contribution in [2.75, 3.05) is 7.11 Å². The highest BCUT2D eigenvalue weighted by molar-refractivity contribution is 5.95. The van der Waals surface area contributed by atoms with E-state index in [1.165, 1.54) is 12.2 Å². The molecule has 3 amide bonds. The SMILES string of the molecule is COC(=O)C[C@H](NC(=O)C(F)(F)F)C(=O)N[C@H](C(=O)N[C@@H](C)[C@H](O)OCc1ccccc1)C(C)C. The number of esters is 1. The van der Waals surface area contributed by atoms with Crippen molar-refractivity contribution in [1.82, 2.24) is 16.0 Å². The van der Waals surface area contributed by atoms with Crippen LogP contribution in [-0.2, 0) is 35.3 Å². The third-order valence-corrected chi connectivity index (χ3v) is 4.79. The largest absolute Gasteiger partial charge is 0.471 e. The van der Waals surface area contributed by atoms with Crippen LogP contribution in [0, 0.1) is 5.92 Å². The van der Waals surface area contributed by atoms with Crippen LogP contribution in [-0.4, -0.2) is 66.5 Å². The van der Waals surface area contributed by atoms with E-state index in [1.54, 1.807) is 38.1 Å². The Labute approximate surface area is 200 Å². The van der Waals surface area contributed by atoms with Gasteiger partial charge in [-0.3, -0.25) is 19.2 Å². The van der Waals surface area contributed by atoms with Crippen molar-refractivity contribution in [2.45, 2.75) is 64.4 Å². The average Bonchev–Trinajstić information content (AvgIpc) is 2.79. The molecule has 1 aromatic rings. The number of nitrogens with one attached hydrogen (secondary N) is 3. The molecule has 0 spiro atoms. The predicted molar refractivity (Wildman–Crippen MR) is 116 cm³/mol. The number of alkyl halides is 3. The van der Waals surface area contributed by atoms with Crippen LogP contribution < -0.4 is 16.0 Å². The van der Waals surface area contributed by atoms with Gasteiger partial charge in [-0.2, -0.15) is 13.2 Å². The Hall–Kier alpha value is -3.19. The number of ether oxygens (including phenoxy) is 2. The number of aliphatic hydroxyl groups excluding tert-OH is 1. The van der Waals surface area contributed by atoms with Crippen molar-refractivity contribution >= 4 is 23.7 Å². The summed E-state index contributed by atoms with van der Waals surface area (Å²) in [6.07, 6.45) is -7.59. The molecule has 4 atom stereocenters. The zero-order valence-corrected chi connectivity index (χ0v) is 19.7. The maximum Gasteiger partial charge on any atom is 0.471 e. The molecule has 196 valence electrons. The third kappa shape index (κ3) is 10.3. The lowest BCUT2D eigenvalue weighted by molar-refractivity contribution is -0.175. The fourth-order valence-electron chi connectivity index (χ4n) is 2.77. The fraction of sp³-hybridized carbons (Fsp3) is 0.545. The number of methoxy groups -OCH3 is 1. The van der Waals surface area contributed by atoms with E-state index in [2.05, 4.69) is 15.4 Å². The van der Waals surface area contributed by atoms with Gasteiger partial charge in [0.05, 0.1) is 26.2 Å². The Morgan fingerprint density at radius 1 is 0.971 bits per heavy atom. The normalized spacial score (nSPS) is 14.9. The second-order valence-corrected chi connectivity index (χ2v) is 8.02. The molecule has 0 aliphatic rings. The second-order valence-electron chi connectivity index (χ2n) is 8.02. The molecule has 10 nitrogen and oxygen atoms in total. The van der Waals surface area contributed by atoms with Crippen molar-refractivity contribution in [1.29, 1.82) is 0 Å². The molecule has 0 radical (unpaired) electrons. The number of amides is 3. The minimum atomic E-state index is -5.30. The van der Waals surface area contributed by atoms with Crippen LogP contribution in [0.1, 0.15) is 32.8 Å². The maximum atomic E-state index is 12.7. The highest BCUT2D eigenvalue weighted by Gasteiger charge is 2.42. The summed E-state index contributed by atoms with van der Waals surface area (Å²) < 4.78 is 47.6. The van der Waals surface area contributed by atoms with Gasteiger partial charge < -0.3 is 30.5 Å². The lowest BCUT2D eigenvalue weighted by Gasteiger charge is -2.27. The Kier molecular flexibility index (Phi) is 11.6. The molecular weight excluding hydrogens is 475 g/mol. The van der Waals surface area contributed by atoms with Crippen LogP contribution in [0.3, 0.4) is 0 Å². The predicted octanol–water partition coefficient (Wildman–Crippen LogP) is 0.777. The average molecular weight is 505 g/mol. The van der Waals surface area contributed by atoms with Gasteiger partial charge in [-0.15, -0.1) is 0 Å². The minimum Gasteiger partial charge on any atom is -0.469 e. The van der Waals surface area contributed by atoms with Crippen molar-refractivity contribution in [2.24, 2.45) is 5.92 Å². The van der Waals surface area contributed by atoms with E-state index < -0.39 is 66.6 Å². The standard InChI is InChI=1S/C22H30F3N3O7/c1-12(2)17(19(31)26-13(3)20(32)35-11-14-8-6-5-7-9-14)28-18(30)15(10-16(29)34-4)27-21(33)22(23,24)25/h5-9,12-13,15,17,20,32H,10-11H2,1-4H3,(H,26,31)(H,27,33)(H,28,30)/t13-,15-,17-,20+/m0/s1. The summed E-state index contributed by atoms with van der Waals surface area (Å²) in [7, 11) is 0.958. The number of carbonyl (C=O) groups is 4. The molecule has 0 unspecified atom stereocenters.